The lowest BCUT2D eigenvalue weighted by Crippen LogP contribution is -2.37. The Morgan fingerprint density at radius 2 is 2.07 bits per heavy atom. The fraction of sp³-hybridized carbons (Fsp3) is 0.263. The second-order valence-corrected chi connectivity index (χ2v) is 9.45. The van der Waals surface area contributed by atoms with Gasteiger partial charge in [0.05, 0.1) is 28.2 Å². The van der Waals surface area contributed by atoms with Gasteiger partial charge in [0.1, 0.15) is 23.5 Å². The monoisotopic (exact) mass is 429 g/mol. The first-order valence-electron chi connectivity index (χ1n) is 8.86. The van der Waals surface area contributed by atoms with E-state index in [0.29, 0.717) is 35.8 Å². The van der Waals surface area contributed by atoms with E-state index in [4.69, 9.17) is 9.82 Å². The average Bonchev–Trinajstić information content (AvgIpc) is 3.09. The van der Waals surface area contributed by atoms with Crippen molar-refractivity contribution in [1.82, 2.24) is 15.0 Å². The van der Waals surface area contributed by atoms with E-state index in [2.05, 4.69) is 15.1 Å². The SMILES string of the molecule is CO/N=C1\CCN(S(C)(=O)=O)c2ccc(-c3sc(-c4cccnc4)nc3C)nc21. The number of fused-ring (bicyclic) bond motifs is 1. The summed E-state index contributed by atoms with van der Waals surface area (Å²) in [4.78, 5) is 19.4. The Balaban J connectivity index is 1.83. The molecule has 0 spiro atoms. The van der Waals surface area contributed by atoms with Crippen LogP contribution in [0.1, 0.15) is 17.8 Å². The number of anilines is 1. The van der Waals surface area contributed by atoms with Crippen molar-refractivity contribution in [3.63, 3.8) is 0 Å². The number of oxime groups is 1. The molecule has 8 nitrogen and oxygen atoms in total. The van der Waals surface area contributed by atoms with Gasteiger partial charge in [0.15, 0.2) is 0 Å². The summed E-state index contributed by atoms with van der Waals surface area (Å²) < 4.78 is 25.7. The zero-order chi connectivity index (χ0) is 20.6. The number of nitrogens with zero attached hydrogens (tertiary/aromatic N) is 5. The zero-order valence-corrected chi connectivity index (χ0v) is 17.8. The maximum atomic E-state index is 12.2. The van der Waals surface area contributed by atoms with Crippen molar-refractivity contribution in [2.75, 3.05) is 24.2 Å². The van der Waals surface area contributed by atoms with Crippen LogP contribution < -0.4 is 4.31 Å². The molecule has 0 aromatic carbocycles. The molecular formula is C19H19N5O3S2. The van der Waals surface area contributed by atoms with Gasteiger partial charge in [-0.15, -0.1) is 11.3 Å². The molecule has 0 N–H and O–H groups in total. The Morgan fingerprint density at radius 3 is 2.76 bits per heavy atom. The highest BCUT2D eigenvalue weighted by Gasteiger charge is 2.30. The summed E-state index contributed by atoms with van der Waals surface area (Å²) in [6.45, 7) is 2.24. The first kappa shape index (κ1) is 19.5. The fourth-order valence-electron chi connectivity index (χ4n) is 3.23. The van der Waals surface area contributed by atoms with Crippen LogP contribution in [-0.2, 0) is 14.9 Å². The summed E-state index contributed by atoms with van der Waals surface area (Å²) in [5.41, 5.74) is 4.15. The van der Waals surface area contributed by atoms with Crippen LogP contribution in [0.25, 0.3) is 21.1 Å². The van der Waals surface area contributed by atoms with Gasteiger partial charge in [-0.1, -0.05) is 5.16 Å². The summed E-state index contributed by atoms with van der Waals surface area (Å²) in [6, 6.07) is 7.42. The van der Waals surface area contributed by atoms with E-state index in [0.717, 1.165) is 21.1 Å². The molecule has 10 heteroatoms. The van der Waals surface area contributed by atoms with E-state index >= 15 is 0 Å². The molecule has 4 rings (SSSR count). The van der Waals surface area contributed by atoms with Crippen molar-refractivity contribution in [2.24, 2.45) is 5.16 Å². The van der Waals surface area contributed by atoms with Gasteiger partial charge in [-0.25, -0.2) is 18.4 Å². The molecular weight excluding hydrogens is 410 g/mol. The quantitative estimate of drug-likeness (QED) is 0.591. The normalized spacial score (nSPS) is 15.4. The van der Waals surface area contributed by atoms with Crippen LogP contribution in [0.15, 0.2) is 41.8 Å². The van der Waals surface area contributed by atoms with E-state index in [1.807, 2.05) is 25.1 Å². The molecule has 0 atom stereocenters. The van der Waals surface area contributed by atoms with Gasteiger partial charge >= 0.3 is 0 Å². The number of aromatic nitrogens is 3. The highest BCUT2D eigenvalue weighted by Crippen LogP contribution is 2.36. The van der Waals surface area contributed by atoms with Crippen LogP contribution in [0.5, 0.6) is 0 Å². The molecule has 0 amide bonds. The van der Waals surface area contributed by atoms with Gasteiger partial charge in [0.25, 0.3) is 0 Å². The van der Waals surface area contributed by atoms with Gasteiger partial charge in [0, 0.05) is 30.9 Å². The lowest BCUT2D eigenvalue weighted by Gasteiger charge is -2.29. The van der Waals surface area contributed by atoms with Crippen LogP contribution >= 0.6 is 11.3 Å². The van der Waals surface area contributed by atoms with Gasteiger partial charge in [-0.05, 0) is 31.2 Å². The molecule has 0 unspecified atom stereocenters. The maximum absolute atomic E-state index is 12.2. The summed E-state index contributed by atoms with van der Waals surface area (Å²) >= 11 is 1.52. The van der Waals surface area contributed by atoms with Crippen LogP contribution in [0, 0.1) is 6.92 Å². The minimum absolute atomic E-state index is 0.305. The fourth-order valence-corrected chi connectivity index (χ4v) is 5.18. The van der Waals surface area contributed by atoms with E-state index in [1.165, 1.54) is 29.0 Å². The first-order valence-corrected chi connectivity index (χ1v) is 11.5. The molecule has 0 bridgehead atoms. The van der Waals surface area contributed by atoms with E-state index in [9.17, 15) is 8.42 Å². The largest absolute Gasteiger partial charge is 0.399 e. The van der Waals surface area contributed by atoms with Crippen molar-refractivity contribution in [3.05, 3.63) is 48.0 Å². The Bertz CT molecular complexity index is 1190. The van der Waals surface area contributed by atoms with Crippen LogP contribution in [0.3, 0.4) is 0 Å². The van der Waals surface area contributed by atoms with E-state index in [1.54, 1.807) is 18.5 Å². The molecule has 29 heavy (non-hydrogen) atoms. The number of sulfonamides is 1. The van der Waals surface area contributed by atoms with Gasteiger partial charge < -0.3 is 4.84 Å². The van der Waals surface area contributed by atoms with Crippen LogP contribution in [0.4, 0.5) is 5.69 Å². The molecule has 4 heterocycles. The Hall–Kier alpha value is -2.85. The molecule has 1 aliphatic heterocycles. The molecule has 150 valence electrons. The summed E-state index contributed by atoms with van der Waals surface area (Å²) in [6.07, 6.45) is 5.11. The van der Waals surface area contributed by atoms with Crippen LogP contribution in [0.2, 0.25) is 0 Å². The Morgan fingerprint density at radius 1 is 1.24 bits per heavy atom. The predicted molar refractivity (Wildman–Crippen MR) is 114 cm³/mol. The number of aryl methyl sites for hydroxylation is 1. The molecule has 3 aromatic rings. The van der Waals surface area contributed by atoms with Crippen molar-refractivity contribution in [1.29, 1.82) is 0 Å². The topological polar surface area (TPSA) is 97.6 Å². The number of pyridine rings is 2. The third-order valence-corrected chi connectivity index (χ3v) is 6.92. The smallest absolute Gasteiger partial charge is 0.232 e. The zero-order valence-electron chi connectivity index (χ0n) is 16.2. The predicted octanol–water partition coefficient (Wildman–Crippen LogP) is 3.10. The van der Waals surface area contributed by atoms with E-state index in [-0.39, 0.29) is 0 Å². The molecule has 0 saturated heterocycles. The van der Waals surface area contributed by atoms with Gasteiger partial charge in [0.2, 0.25) is 10.0 Å². The third-order valence-electron chi connectivity index (χ3n) is 4.51. The van der Waals surface area contributed by atoms with Gasteiger partial charge in [-0.2, -0.15) is 0 Å². The standard InChI is InChI=1S/C19H19N5O3S2/c1-12-18(28-19(21-12)13-5-4-9-20-11-13)15-6-7-16-17(22-15)14(23-27-2)8-10-24(16)29(3,25)26/h4-7,9,11H,8,10H2,1-3H3/b23-14+. The van der Waals surface area contributed by atoms with Crippen molar-refractivity contribution in [2.45, 2.75) is 13.3 Å². The van der Waals surface area contributed by atoms with Crippen molar-refractivity contribution >= 4 is 32.8 Å². The third kappa shape index (κ3) is 3.73. The second kappa shape index (κ2) is 7.53. The van der Waals surface area contributed by atoms with Crippen molar-refractivity contribution in [3.8, 4) is 21.1 Å². The summed E-state index contributed by atoms with van der Waals surface area (Å²) in [5, 5.41) is 4.92. The first-order chi connectivity index (χ1) is 13.9. The molecule has 3 aromatic heterocycles. The second-order valence-electron chi connectivity index (χ2n) is 6.55. The minimum Gasteiger partial charge on any atom is -0.399 e. The lowest BCUT2D eigenvalue weighted by molar-refractivity contribution is 0.212. The Kier molecular flexibility index (Phi) is 5.05. The summed E-state index contributed by atoms with van der Waals surface area (Å²) in [7, 11) is -1.95. The molecule has 0 radical (unpaired) electrons. The highest BCUT2D eigenvalue weighted by atomic mass is 32.2. The highest BCUT2D eigenvalue weighted by molar-refractivity contribution is 7.92. The molecule has 0 aliphatic carbocycles. The molecule has 0 fully saturated rings. The average molecular weight is 430 g/mol. The number of rotatable bonds is 4. The molecule has 1 aliphatic rings. The summed E-state index contributed by atoms with van der Waals surface area (Å²) in [5.74, 6) is 0. The van der Waals surface area contributed by atoms with Crippen molar-refractivity contribution < 1.29 is 13.3 Å². The van der Waals surface area contributed by atoms with Gasteiger partial charge in [-0.3, -0.25) is 9.29 Å². The lowest BCUT2D eigenvalue weighted by atomic mass is 10.1. The minimum atomic E-state index is -3.41. The number of hydrogen-bond acceptors (Lipinski definition) is 8. The Labute approximate surface area is 173 Å². The molecule has 0 saturated carbocycles. The number of thiazole rings is 1. The maximum Gasteiger partial charge on any atom is 0.232 e. The van der Waals surface area contributed by atoms with Crippen LogP contribution in [-0.4, -0.2) is 49.0 Å². The van der Waals surface area contributed by atoms with E-state index < -0.39 is 10.0 Å². The number of hydrogen-bond donors (Lipinski definition) is 0.